The summed E-state index contributed by atoms with van der Waals surface area (Å²) >= 11 is 7.15. The topological polar surface area (TPSA) is 120 Å². The highest BCUT2D eigenvalue weighted by Crippen LogP contribution is 2.37. The van der Waals surface area contributed by atoms with Crippen molar-refractivity contribution in [3.05, 3.63) is 118 Å². The SMILES string of the molecule is O=S(=O)([O-])CCCCn1/c(=C/C=C2/CCCC(/C=C/C3=[N+](CCCCS(=O)(=O)O)c4cccc5cccc3c45)=C2Cl)c2cccc3cccc1c32. The second-order valence-corrected chi connectivity index (χ2v) is 16.8. The van der Waals surface area contributed by atoms with E-state index in [-0.39, 0.29) is 11.5 Å². The molecule has 5 aromatic rings. The lowest BCUT2D eigenvalue weighted by atomic mass is 9.93. The molecule has 1 aliphatic carbocycles. The largest absolute Gasteiger partial charge is 0.748 e. The fourth-order valence-electron chi connectivity index (χ4n) is 7.58. The van der Waals surface area contributed by atoms with E-state index in [1.807, 2.05) is 18.2 Å². The van der Waals surface area contributed by atoms with Crippen molar-refractivity contribution in [1.82, 2.24) is 4.57 Å². The average Bonchev–Trinajstić information content (AvgIpc) is 3.57. The summed E-state index contributed by atoms with van der Waals surface area (Å²) in [6.45, 7) is 1.18. The maximum atomic E-state index is 11.3. The van der Waals surface area contributed by atoms with Crippen LogP contribution in [-0.2, 0) is 26.8 Å². The van der Waals surface area contributed by atoms with E-state index in [1.54, 1.807) is 0 Å². The second-order valence-electron chi connectivity index (χ2n) is 13.3. The predicted molar refractivity (Wildman–Crippen MR) is 205 cm³/mol. The minimum absolute atomic E-state index is 0.262. The lowest BCUT2D eigenvalue weighted by Gasteiger charge is -2.16. The Balaban J connectivity index is 1.23. The Hall–Kier alpha value is -4.06. The van der Waals surface area contributed by atoms with E-state index in [9.17, 15) is 25.9 Å². The number of allylic oxidation sites excluding steroid dienone is 6. The maximum Gasteiger partial charge on any atom is 0.264 e. The van der Waals surface area contributed by atoms with Gasteiger partial charge in [0.25, 0.3) is 10.1 Å². The number of aryl methyl sites for hydroxylation is 1. The van der Waals surface area contributed by atoms with Crippen molar-refractivity contribution < 1.29 is 30.5 Å². The molecule has 0 atom stereocenters. The molecular formula is C40H39ClN2O6S2. The summed E-state index contributed by atoms with van der Waals surface area (Å²) in [7, 11) is -8.28. The Bertz CT molecular complexity index is 2570. The molecule has 0 radical (unpaired) electrons. The van der Waals surface area contributed by atoms with Crippen LogP contribution in [0.2, 0.25) is 0 Å². The van der Waals surface area contributed by atoms with Crippen molar-refractivity contribution in [2.75, 3.05) is 18.1 Å². The van der Waals surface area contributed by atoms with Crippen molar-refractivity contribution in [3.8, 4) is 0 Å². The van der Waals surface area contributed by atoms with E-state index in [2.05, 4.69) is 88.0 Å². The smallest absolute Gasteiger partial charge is 0.264 e. The maximum absolute atomic E-state index is 11.3. The first-order valence-corrected chi connectivity index (χ1v) is 20.9. The van der Waals surface area contributed by atoms with Gasteiger partial charge in [-0.25, -0.2) is 8.42 Å². The van der Waals surface area contributed by atoms with E-state index >= 15 is 0 Å². The molecule has 7 rings (SSSR count). The molecule has 0 saturated heterocycles. The number of nitrogens with zero attached hydrogens (tertiary/aromatic N) is 2. The van der Waals surface area contributed by atoms with Gasteiger partial charge in [-0.15, -0.1) is 0 Å². The van der Waals surface area contributed by atoms with Crippen molar-refractivity contribution in [1.29, 1.82) is 0 Å². The van der Waals surface area contributed by atoms with Gasteiger partial charge in [-0.1, -0.05) is 78.4 Å². The van der Waals surface area contributed by atoms with E-state index in [0.29, 0.717) is 38.8 Å². The minimum atomic E-state index is -4.26. The third kappa shape index (κ3) is 7.61. The number of halogens is 1. The van der Waals surface area contributed by atoms with Crippen LogP contribution in [0.5, 0.6) is 0 Å². The first-order valence-electron chi connectivity index (χ1n) is 17.3. The Morgan fingerprint density at radius 2 is 1.51 bits per heavy atom. The predicted octanol–water partition coefficient (Wildman–Crippen LogP) is 7.75. The average molecular weight is 743 g/mol. The van der Waals surface area contributed by atoms with Gasteiger partial charge in [-0.05, 0) is 78.7 Å². The number of rotatable bonds is 13. The van der Waals surface area contributed by atoms with Gasteiger partial charge in [0.2, 0.25) is 11.4 Å². The number of benzene rings is 4. The highest BCUT2D eigenvalue weighted by atomic mass is 35.5. The molecule has 1 aliphatic heterocycles. The third-order valence-electron chi connectivity index (χ3n) is 9.88. The standard InChI is InChI=1S/C40H39ClN2O6S2/c41-40-30(20-22-34-32-16-6-10-28-12-8-18-36(38(28)32)42(34)24-1-3-26-50(44,45)46)14-5-15-31(40)21-23-35-33-17-7-11-29-13-9-19-37(39(29)33)43(35)25-2-4-27-51(47,48)49/h6-13,16-23H,1-5,14-15,24-27H2,(H-,44,45,46,47,48,49). The van der Waals surface area contributed by atoms with Crippen LogP contribution < -0.4 is 5.35 Å². The molecule has 1 N–H and O–H groups in total. The van der Waals surface area contributed by atoms with E-state index in [4.69, 9.17) is 11.6 Å². The van der Waals surface area contributed by atoms with Crippen LogP contribution in [0.15, 0.2) is 107 Å². The summed E-state index contributed by atoms with van der Waals surface area (Å²) in [5.41, 5.74) is 6.38. The van der Waals surface area contributed by atoms with Gasteiger partial charge in [-0.3, -0.25) is 4.55 Å². The van der Waals surface area contributed by atoms with Gasteiger partial charge in [0.15, 0.2) is 0 Å². The molecule has 4 aromatic carbocycles. The molecular weight excluding hydrogens is 704 g/mol. The Morgan fingerprint density at radius 1 is 0.804 bits per heavy atom. The molecule has 0 saturated carbocycles. The van der Waals surface area contributed by atoms with Crippen molar-refractivity contribution in [3.63, 3.8) is 0 Å². The van der Waals surface area contributed by atoms with E-state index < -0.39 is 20.2 Å². The van der Waals surface area contributed by atoms with Crippen LogP contribution in [0.4, 0.5) is 5.69 Å². The lowest BCUT2D eigenvalue weighted by molar-refractivity contribution is -0.436. The van der Waals surface area contributed by atoms with Crippen LogP contribution in [-0.4, -0.2) is 58.8 Å². The van der Waals surface area contributed by atoms with Crippen molar-refractivity contribution in [2.45, 2.75) is 51.5 Å². The quantitative estimate of drug-likeness (QED) is 0.0749. The van der Waals surface area contributed by atoms with Gasteiger partial charge in [0, 0.05) is 57.5 Å². The Kier molecular flexibility index (Phi) is 10.1. The summed E-state index contributed by atoms with van der Waals surface area (Å²) < 4.78 is 70.1. The molecule has 264 valence electrons. The van der Waals surface area contributed by atoms with Gasteiger partial charge < -0.3 is 9.12 Å². The van der Waals surface area contributed by atoms with Crippen molar-refractivity contribution >= 4 is 81.8 Å². The Labute approximate surface area is 303 Å². The molecule has 0 fully saturated rings. The Morgan fingerprint density at radius 3 is 2.27 bits per heavy atom. The molecule has 0 amide bonds. The molecule has 8 nitrogen and oxygen atoms in total. The van der Waals surface area contributed by atoms with Crippen LogP contribution in [0.1, 0.15) is 50.5 Å². The normalized spacial score (nSPS) is 16.8. The third-order valence-corrected chi connectivity index (χ3v) is 12.0. The van der Waals surface area contributed by atoms with Crippen LogP contribution in [0.3, 0.4) is 0 Å². The summed E-state index contributed by atoms with van der Waals surface area (Å²) in [5.74, 6) is -0.633. The van der Waals surface area contributed by atoms with Crippen LogP contribution in [0.25, 0.3) is 38.5 Å². The molecule has 0 spiro atoms. The highest BCUT2D eigenvalue weighted by molar-refractivity contribution is 7.85. The lowest BCUT2D eigenvalue weighted by Crippen LogP contribution is -2.17. The number of hydrogen-bond acceptors (Lipinski definition) is 5. The molecule has 51 heavy (non-hydrogen) atoms. The van der Waals surface area contributed by atoms with E-state index in [0.717, 1.165) is 90.2 Å². The highest BCUT2D eigenvalue weighted by Gasteiger charge is 2.30. The van der Waals surface area contributed by atoms with Crippen molar-refractivity contribution in [2.24, 2.45) is 0 Å². The fourth-order valence-corrected chi connectivity index (χ4v) is 9.02. The molecule has 0 bridgehead atoms. The summed E-state index contributed by atoms with van der Waals surface area (Å²) in [6, 6.07) is 24.9. The van der Waals surface area contributed by atoms with Crippen LogP contribution >= 0.6 is 11.6 Å². The second kappa shape index (κ2) is 14.5. The van der Waals surface area contributed by atoms with Gasteiger partial charge >= 0.3 is 0 Å². The summed E-state index contributed by atoms with van der Waals surface area (Å²) in [4.78, 5) is 0. The van der Waals surface area contributed by atoms with Gasteiger partial charge in [0.1, 0.15) is 6.54 Å². The molecule has 1 aromatic heterocycles. The molecule has 2 heterocycles. The first-order chi connectivity index (χ1) is 24.5. The molecule has 11 heteroatoms. The zero-order valence-electron chi connectivity index (χ0n) is 28.1. The number of hydrogen-bond donors (Lipinski definition) is 1. The monoisotopic (exact) mass is 742 g/mol. The number of unbranched alkanes of at least 4 members (excludes halogenated alkanes) is 2. The zero-order chi connectivity index (χ0) is 35.8. The van der Waals surface area contributed by atoms with Gasteiger partial charge in [-0.2, -0.15) is 13.0 Å². The molecule has 0 unspecified atom stereocenters. The first kappa shape index (κ1) is 35.3. The minimum Gasteiger partial charge on any atom is -0.748 e. The summed E-state index contributed by atoms with van der Waals surface area (Å²) in [5, 5.41) is 7.44. The summed E-state index contributed by atoms with van der Waals surface area (Å²) in [6.07, 6.45) is 12.9. The van der Waals surface area contributed by atoms with Crippen LogP contribution in [0, 0.1) is 0 Å². The number of aromatic nitrogens is 1. The molecule has 2 aliphatic rings. The van der Waals surface area contributed by atoms with Gasteiger partial charge in [0.05, 0.1) is 26.8 Å². The zero-order valence-corrected chi connectivity index (χ0v) is 30.5. The fraction of sp³-hybridized carbons (Fsp3) is 0.275. The van der Waals surface area contributed by atoms with E-state index in [1.165, 1.54) is 0 Å².